The van der Waals surface area contributed by atoms with Gasteiger partial charge in [0.05, 0.1) is 14.5 Å². The van der Waals surface area contributed by atoms with Gasteiger partial charge in [0.2, 0.25) is 10.0 Å². The number of fused-ring (bicyclic) bond motifs is 1. The first-order chi connectivity index (χ1) is 12.7. The topological polar surface area (TPSA) is 82.6 Å². The number of hydrogen-bond acceptors (Lipinski definition) is 7. The van der Waals surface area contributed by atoms with Crippen molar-refractivity contribution in [2.24, 2.45) is 0 Å². The van der Waals surface area contributed by atoms with Gasteiger partial charge in [0.15, 0.2) is 5.13 Å². The fourth-order valence-corrected chi connectivity index (χ4v) is 5.55. The van der Waals surface area contributed by atoms with Gasteiger partial charge >= 0.3 is 0 Å². The Kier molecular flexibility index (Phi) is 5.52. The van der Waals surface area contributed by atoms with Gasteiger partial charge in [0.25, 0.3) is 5.91 Å². The van der Waals surface area contributed by atoms with Crippen LogP contribution in [0.3, 0.4) is 0 Å². The van der Waals surface area contributed by atoms with E-state index in [4.69, 9.17) is 0 Å². The molecule has 3 aromatic rings. The molecule has 0 aliphatic carbocycles. The molecule has 1 amide bonds. The number of nitrogens with zero attached hydrogens (tertiary/aromatic N) is 3. The second-order valence-corrected chi connectivity index (χ2v) is 10.4. The molecule has 0 spiro atoms. The maximum absolute atomic E-state index is 12.5. The van der Waals surface area contributed by atoms with Crippen molar-refractivity contribution in [2.75, 3.05) is 33.1 Å². The molecule has 0 saturated heterocycles. The summed E-state index contributed by atoms with van der Waals surface area (Å²) in [6, 6.07) is 8.49. The van der Waals surface area contributed by atoms with Crippen LogP contribution < -0.4 is 10.2 Å². The Morgan fingerprint density at radius 1 is 1.15 bits per heavy atom. The highest BCUT2D eigenvalue weighted by atomic mass is 32.2. The van der Waals surface area contributed by atoms with E-state index in [0.29, 0.717) is 10.4 Å². The lowest BCUT2D eigenvalue weighted by Crippen LogP contribution is -2.26. The predicted octanol–water partition coefficient (Wildman–Crippen LogP) is 2.60. The number of thiazole rings is 1. The number of nitrogens with one attached hydrogen (secondary N) is 1. The van der Waals surface area contributed by atoms with Crippen molar-refractivity contribution in [2.45, 2.75) is 11.4 Å². The number of amides is 1. The zero-order valence-electron chi connectivity index (χ0n) is 15.4. The maximum Gasteiger partial charge on any atom is 0.261 e. The highest BCUT2D eigenvalue weighted by molar-refractivity contribution is 7.89. The number of thiophene rings is 1. The van der Waals surface area contributed by atoms with Crippen LogP contribution >= 0.6 is 22.7 Å². The van der Waals surface area contributed by atoms with Crippen LogP contribution in [0.2, 0.25) is 0 Å². The van der Waals surface area contributed by atoms with Gasteiger partial charge in [-0.3, -0.25) is 4.79 Å². The highest BCUT2D eigenvalue weighted by Gasteiger charge is 2.21. The Hall–Kier alpha value is -2.01. The Bertz CT molecular complexity index is 1050. The molecule has 2 heterocycles. The molecule has 0 saturated carbocycles. The van der Waals surface area contributed by atoms with Crippen LogP contribution in [0.1, 0.15) is 15.2 Å². The average molecular weight is 425 g/mol. The van der Waals surface area contributed by atoms with Gasteiger partial charge in [0.1, 0.15) is 4.83 Å². The van der Waals surface area contributed by atoms with E-state index in [1.54, 1.807) is 24.3 Å². The van der Waals surface area contributed by atoms with Crippen molar-refractivity contribution >= 4 is 53.3 Å². The van der Waals surface area contributed by atoms with Crippen molar-refractivity contribution in [1.29, 1.82) is 0 Å². The molecule has 1 aromatic carbocycles. The Morgan fingerprint density at radius 3 is 2.48 bits per heavy atom. The summed E-state index contributed by atoms with van der Waals surface area (Å²) >= 11 is 2.86. The molecule has 10 heteroatoms. The maximum atomic E-state index is 12.5. The number of sulfonamides is 1. The van der Waals surface area contributed by atoms with Crippen molar-refractivity contribution in [3.63, 3.8) is 0 Å². The first-order valence-electron chi connectivity index (χ1n) is 8.06. The molecular weight excluding hydrogens is 404 g/mol. The number of aromatic nitrogens is 1. The summed E-state index contributed by atoms with van der Waals surface area (Å²) in [6.45, 7) is 0.129. The summed E-state index contributed by atoms with van der Waals surface area (Å²) in [5, 5.41) is 3.70. The summed E-state index contributed by atoms with van der Waals surface area (Å²) in [4.78, 5) is 20.5. The second kappa shape index (κ2) is 7.55. The monoisotopic (exact) mass is 424 g/mol. The summed E-state index contributed by atoms with van der Waals surface area (Å²) in [7, 11) is 3.25. The van der Waals surface area contributed by atoms with Crippen molar-refractivity contribution in [1.82, 2.24) is 14.6 Å². The third-order valence-corrected chi connectivity index (χ3v) is 8.10. The molecular formula is C17H20N4O3S3. The van der Waals surface area contributed by atoms with E-state index in [1.165, 1.54) is 36.8 Å². The van der Waals surface area contributed by atoms with Gasteiger partial charge in [-0.05, 0) is 17.7 Å². The van der Waals surface area contributed by atoms with E-state index in [-0.39, 0.29) is 17.3 Å². The van der Waals surface area contributed by atoms with Crippen LogP contribution in [-0.2, 0) is 16.6 Å². The van der Waals surface area contributed by atoms with Crippen molar-refractivity contribution < 1.29 is 13.2 Å². The van der Waals surface area contributed by atoms with Gasteiger partial charge in [0, 0.05) is 34.7 Å². The zero-order valence-corrected chi connectivity index (χ0v) is 17.8. The smallest absolute Gasteiger partial charge is 0.261 e. The van der Waals surface area contributed by atoms with Gasteiger partial charge < -0.3 is 10.2 Å². The summed E-state index contributed by atoms with van der Waals surface area (Å²) in [6.07, 6.45) is 0. The molecule has 0 unspecified atom stereocenters. The molecule has 0 bridgehead atoms. The van der Waals surface area contributed by atoms with Crippen LogP contribution in [0, 0.1) is 0 Å². The highest BCUT2D eigenvalue weighted by Crippen LogP contribution is 2.33. The Morgan fingerprint density at radius 2 is 1.85 bits per heavy atom. The summed E-state index contributed by atoms with van der Waals surface area (Å²) < 4.78 is 27.0. The predicted molar refractivity (Wildman–Crippen MR) is 110 cm³/mol. The van der Waals surface area contributed by atoms with Crippen LogP contribution in [0.25, 0.3) is 9.53 Å². The van der Waals surface area contributed by atoms with Crippen LogP contribution in [0.15, 0.2) is 35.2 Å². The van der Waals surface area contributed by atoms with E-state index < -0.39 is 10.0 Å². The number of rotatable bonds is 6. The number of carbonyl (C=O) groups is 1. The minimum Gasteiger partial charge on any atom is -0.354 e. The lowest BCUT2D eigenvalue weighted by molar-refractivity contribution is 0.0954. The lowest BCUT2D eigenvalue weighted by atomic mass is 10.2. The number of benzene rings is 1. The first-order valence-corrected chi connectivity index (χ1v) is 11.1. The molecule has 1 N–H and O–H groups in total. The second-order valence-electron chi connectivity index (χ2n) is 6.25. The van der Waals surface area contributed by atoms with E-state index in [2.05, 4.69) is 10.3 Å². The minimum absolute atomic E-state index is 0.129. The standard InChI is InChI=1S/C17H20N4O3S3/c1-20(2)17-19-16-13(26-17)9-12(25-16)15(22)18-10-11-7-5-6-8-14(11)27(23,24)21(3)4/h5-9H,10H2,1-4H3,(H,18,22). The SMILES string of the molecule is CN(C)c1nc2sc(C(=O)NCc3ccccc3S(=O)(=O)N(C)C)cc2s1. The van der Waals surface area contributed by atoms with E-state index in [0.717, 1.165) is 19.0 Å². The van der Waals surface area contributed by atoms with Crippen LogP contribution in [0.5, 0.6) is 0 Å². The van der Waals surface area contributed by atoms with E-state index in [1.807, 2.05) is 25.1 Å². The first kappa shape index (κ1) is 19.7. The fraction of sp³-hybridized carbons (Fsp3) is 0.294. The number of anilines is 1. The molecule has 27 heavy (non-hydrogen) atoms. The van der Waals surface area contributed by atoms with E-state index in [9.17, 15) is 13.2 Å². The van der Waals surface area contributed by atoms with Gasteiger partial charge in [-0.15, -0.1) is 11.3 Å². The van der Waals surface area contributed by atoms with Crippen LogP contribution in [0.4, 0.5) is 5.13 Å². The quantitative estimate of drug-likeness (QED) is 0.658. The van der Waals surface area contributed by atoms with Crippen molar-refractivity contribution in [3.05, 3.63) is 40.8 Å². The molecule has 2 aromatic heterocycles. The largest absolute Gasteiger partial charge is 0.354 e. The van der Waals surface area contributed by atoms with Crippen molar-refractivity contribution in [3.8, 4) is 0 Å². The molecule has 3 rings (SSSR count). The molecule has 0 radical (unpaired) electrons. The normalized spacial score (nSPS) is 11.9. The third kappa shape index (κ3) is 3.98. The summed E-state index contributed by atoms with van der Waals surface area (Å²) in [5.74, 6) is -0.242. The molecule has 0 aliphatic rings. The molecule has 0 aliphatic heterocycles. The molecule has 144 valence electrons. The average Bonchev–Trinajstić information content (AvgIpc) is 3.19. The number of carbonyl (C=O) groups excluding carboxylic acids is 1. The molecule has 7 nitrogen and oxygen atoms in total. The Balaban J connectivity index is 1.78. The lowest BCUT2D eigenvalue weighted by Gasteiger charge is -2.15. The van der Waals surface area contributed by atoms with Gasteiger partial charge in [-0.25, -0.2) is 17.7 Å². The van der Waals surface area contributed by atoms with Gasteiger partial charge in [-0.2, -0.15) is 0 Å². The fourth-order valence-electron chi connectivity index (χ4n) is 2.39. The zero-order chi connectivity index (χ0) is 19.8. The third-order valence-electron chi connectivity index (χ3n) is 3.86. The van der Waals surface area contributed by atoms with E-state index >= 15 is 0 Å². The molecule has 0 fully saturated rings. The minimum atomic E-state index is -3.57. The van der Waals surface area contributed by atoms with Gasteiger partial charge in [-0.1, -0.05) is 29.5 Å². The van der Waals surface area contributed by atoms with Crippen LogP contribution in [-0.4, -0.2) is 51.8 Å². The summed E-state index contributed by atoms with van der Waals surface area (Å²) in [5.41, 5.74) is 0.547. The molecule has 0 atom stereocenters. The number of hydrogen-bond donors (Lipinski definition) is 1. The Labute approximate surface area is 166 Å².